The smallest absolute Gasteiger partial charge is 0.249 e. The molecule has 0 unspecified atom stereocenters. The van der Waals surface area contributed by atoms with E-state index in [2.05, 4.69) is 5.43 Å². The van der Waals surface area contributed by atoms with Gasteiger partial charge in [0.2, 0.25) is 17.7 Å². The van der Waals surface area contributed by atoms with E-state index >= 15 is 0 Å². The molecular formula is C10H10N2O3. The summed E-state index contributed by atoms with van der Waals surface area (Å²) in [4.78, 5) is 33.9. The van der Waals surface area contributed by atoms with Crippen LogP contribution in [-0.2, 0) is 14.4 Å². The maximum atomic E-state index is 11.5. The van der Waals surface area contributed by atoms with E-state index in [4.69, 9.17) is 0 Å². The van der Waals surface area contributed by atoms with E-state index in [0.717, 1.165) is 5.01 Å². The quantitative estimate of drug-likeness (QED) is 0.642. The average Bonchev–Trinajstić information content (AvgIpc) is 2.82. The van der Waals surface area contributed by atoms with Gasteiger partial charge in [0.15, 0.2) is 0 Å². The molecule has 0 radical (unpaired) electrons. The third-order valence-electron chi connectivity index (χ3n) is 2.32. The number of hydrazine groups is 1. The van der Waals surface area contributed by atoms with Crippen LogP contribution in [0.5, 0.6) is 0 Å². The number of hydrogen-bond donors (Lipinski definition) is 1. The number of carbonyl (C=O) groups excluding carboxylic acids is 3. The van der Waals surface area contributed by atoms with Crippen LogP contribution in [0.4, 0.5) is 0 Å². The predicted molar refractivity (Wildman–Crippen MR) is 51.0 cm³/mol. The Morgan fingerprint density at radius 1 is 1.20 bits per heavy atom. The molecular weight excluding hydrogens is 196 g/mol. The molecule has 1 saturated heterocycles. The van der Waals surface area contributed by atoms with Crippen LogP contribution >= 0.6 is 0 Å². The van der Waals surface area contributed by atoms with Crippen molar-refractivity contribution in [1.82, 2.24) is 10.4 Å². The molecule has 0 atom stereocenters. The Hall–Kier alpha value is -1.91. The Morgan fingerprint density at radius 3 is 2.27 bits per heavy atom. The number of imide groups is 1. The minimum Gasteiger partial charge on any atom is -0.273 e. The molecule has 1 N–H and O–H groups in total. The predicted octanol–water partition coefficient (Wildman–Crippen LogP) is -0.0912. The Labute approximate surface area is 86.4 Å². The van der Waals surface area contributed by atoms with Gasteiger partial charge >= 0.3 is 0 Å². The lowest BCUT2D eigenvalue weighted by Gasteiger charge is -2.16. The molecule has 0 spiro atoms. The van der Waals surface area contributed by atoms with Crippen molar-refractivity contribution in [1.29, 1.82) is 0 Å². The zero-order valence-corrected chi connectivity index (χ0v) is 7.97. The number of allylic oxidation sites excluding steroid dienone is 2. The molecule has 0 saturated carbocycles. The first-order valence-electron chi connectivity index (χ1n) is 4.70. The van der Waals surface area contributed by atoms with Gasteiger partial charge in [0.25, 0.3) is 0 Å². The molecule has 0 aromatic heterocycles. The molecule has 0 aromatic carbocycles. The first-order valence-corrected chi connectivity index (χ1v) is 4.70. The van der Waals surface area contributed by atoms with Gasteiger partial charge in [-0.15, -0.1) is 0 Å². The molecule has 2 aliphatic rings. The number of carbonyl (C=O) groups is 3. The van der Waals surface area contributed by atoms with E-state index in [1.807, 2.05) is 0 Å². The minimum absolute atomic E-state index is 0.176. The average molecular weight is 206 g/mol. The lowest BCUT2D eigenvalue weighted by atomic mass is 10.2. The fraction of sp³-hybridized carbons (Fsp3) is 0.300. The van der Waals surface area contributed by atoms with E-state index in [0.29, 0.717) is 0 Å². The van der Waals surface area contributed by atoms with E-state index < -0.39 is 0 Å². The van der Waals surface area contributed by atoms with E-state index in [1.54, 1.807) is 24.3 Å². The fourth-order valence-electron chi connectivity index (χ4n) is 1.49. The van der Waals surface area contributed by atoms with E-state index in [1.165, 1.54) is 0 Å². The summed E-state index contributed by atoms with van der Waals surface area (Å²) < 4.78 is 0. The van der Waals surface area contributed by atoms with Gasteiger partial charge in [-0.05, 0) is 0 Å². The Balaban J connectivity index is 1.99. The highest BCUT2D eigenvalue weighted by atomic mass is 16.2. The van der Waals surface area contributed by atoms with Crippen LogP contribution in [0, 0.1) is 5.92 Å². The van der Waals surface area contributed by atoms with Crippen LogP contribution in [0.15, 0.2) is 24.3 Å². The molecule has 1 aliphatic carbocycles. The summed E-state index contributed by atoms with van der Waals surface area (Å²) in [6.07, 6.45) is 7.24. The maximum Gasteiger partial charge on any atom is 0.249 e. The molecule has 1 heterocycles. The second-order valence-corrected chi connectivity index (χ2v) is 3.39. The van der Waals surface area contributed by atoms with Crippen molar-refractivity contribution in [2.75, 3.05) is 0 Å². The van der Waals surface area contributed by atoms with Crippen LogP contribution in [0.2, 0.25) is 0 Å². The fourth-order valence-corrected chi connectivity index (χ4v) is 1.49. The van der Waals surface area contributed by atoms with Gasteiger partial charge in [0, 0.05) is 12.8 Å². The summed E-state index contributed by atoms with van der Waals surface area (Å²) in [5.41, 5.74) is 2.31. The molecule has 1 aliphatic heterocycles. The third kappa shape index (κ3) is 1.81. The zero-order valence-electron chi connectivity index (χ0n) is 7.97. The molecule has 78 valence electrons. The molecule has 5 heteroatoms. The van der Waals surface area contributed by atoms with Crippen LogP contribution in [-0.4, -0.2) is 22.7 Å². The van der Waals surface area contributed by atoms with E-state index in [-0.39, 0.29) is 36.5 Å². The normalized spacial score (nSPS) is 20.4. The molecule has 1 fully saturated rings. The molecule has 0 bridgehead atoms. The van der Waals surface area contributed by atoms with Crippen molar-refractivity contribution in [2.45, 2.75) is 12.8 Å². The largest absolute Gasteiger partial charge is 0.273 e. The lowest BCUT2D eigenvalue weighted by molar-refractivity contribution is -0.148. The number of nitrogens with zero attached hydrogens (tertiary/aromatic N) is 1. The van der Waals surface area contributed by atoms with Gasteiger partial charge < -0.3 is 0 Å². The van der Waals surface area contributed by atoms with Crippen molar-refractivity contribution in [3.63, 3.8) is 0 Å². The van der Waals surface area contributed by atoms with Crippen molar-refractivity contribution in [3.8, 4) is 0 Å². The number of amides is 3. The Bertz CT molecular complexity index is 356. The lowest BCUT2D eigenvalue weighted by Crippen LogP contribution is -2.47. The van der Waals surface area contributed by atoms with Crippen LogP contribution in [0.1, 0.15) is 12.8 Å². The van der Waals surface area contributed by atoms with Gasteiger partial charge in [-0.25, -0.2) is 0 Å². The van der Waals surface area contributed by atoms with Crippen LogP contribution in [0.3, 0.4) is 0 Å². The van der Waals surface area contributed by atoms with Crippen molar-refractivity contribution in [2.24, 2.45) is 5.92 Å². The van der Waals surface area contributed by atoms with Crippen molar-refractivity contribution < 1.29 is 14.4 Å². The standard InChI is InChI=1S/C10H10N2O3/c13-8-5-6-9(14)12(8)11-10(15)7-3-1-2-4-7/h1-4,7H,5-6H2,(H,11,15). The first kappa shape index (κ1) is 9.64. The zero-order chi connectivity index (χ0) is 10.8. The molecule has 5 nitrogen and oxygen atoms in total. The van der Waals surface area contributed by atoms with Crippen molar-refractivity contribution >= 4 is 17.7 Å². The van der Waals surface area contributed by atoms with Gasteiger partial charge in [0.1, 0.15) is 0 Å². The molecule has 0 aromatic rings. The highest BCUT2D eigenvalue weighted by molar-refractivity contribution is 6.03. The van der Waals surface area contributed by atoms with Gasteiger partial charge in [-0.3, -0.25) is 19.8 Å². The molecule has 2 rings (SSSR count). The van der Waals surface area contributed by atoms with Crippen LogP contribution in [0.25, 0.3) is 0 Å². The second-order valence-electron chi connectivity index (χ2n) is 3.39. The number of rotatable bonds is 2. The highest BCUT2D eigenvalue weighted by Crippen LogP contribution is 2.12. The molecule has 15 heavy (non-hydrogen) atoms. The number of nitrogens with one attached hydrogen (secondary N) is 1. The monoisotopic (exact) mass is 206 g/mol. The summed E-state index contributed by atoms with van der Waals surface area (Å²) in [5.74, 6) is -1.44. The topological polar surface area (TPSA) is 66.5 Å². The summed E-state index contributed by atoms with van der Waals surface area (Å²) in [7, 11) is 0. The van der Waals surface area contributed by atoms with Gasteiger partial charge in [0.05, 0.1) is 5.92 Å². The van der Waals surface area contributed by atoms with Gasteiger partial charge in [-0.2, -0.15) is 5.01 Å². The maximum absolute atomic E-state index is 11.5. The highest BCUT2D eigenvalue weighted by Gasteiger charge is 2.31. The summed E-state index contributed by atoms with van der Waals surface area (Å²) >= 11 is 0. The summed E-state index contributed by atoms with van der Waals surface area (Å²) in [5, 5.41) is 0.808. The number of hydrogen-bond acceptors (Lipinski definition) is 3. The Morgan fingerprint density at radius 2 is 1.73 bits per heavy atom. The third-order valence-corrected chi connectivity index (χ3v) is 2.32. The SMILES string of the molecule is O=C(NN1C(=O)CCC1=O)C1C=CC=C1. The second kappa shape index (κ2) is 3.68. The summed E-state index contributed by atoms with van der Waals surface area (Å²) in [6, 6.07) is 0. The van der Waals surface area contributed by atoms with Gasteiger partial charge in [-0.1, -0.05) is 24.3 Å². The van der Waals surface area contributed by atoms with Crippen LogP contribution < -0.4 is 5.43 Å². The minimum atomic E-state index is -0.383. The Kier molecular flexibility index (Phi) is 2.37. The van der Waals surface area contributed by atoms with E-state index in [9.17, 15) is 14.4 Å². The van der Waals surface area contributed by atoms with Crippen molar-refractivity contribution in [3.05, 3.63) is 24.3 Å². The first-order chi connectivity index (χ1) is 7.18. The molecule has 3 amide bonds. The summed E-state index contributed by atoms with van der Waals surface area (Å²) in [6.45, 7) is 0.